The minimum absolute atomic E-state index is 0.145. The lowest BCUT2D eigenvalue weighted by atomic mass is 9.78. The highest BCUT2D eigenvalue weighted by Gasteiger charge is 2.28. The average Bonchev–Trinajstić information content (AvgIpc) is 2.56. The molecule has 3 atom stereocenters. The number of carbonyl (C=O) groups is 2. The molecule has 0 spiro atoms. The molecular formula is C18H24Cl2N2O3. The number of anilines is 1. The van der Waals surface area contributed by atoms with Crippen LogP contribution in [0.25, 0.3) is 0 Å². The summed E-state index contributed by atoms with van der Waals surface area (Å²) in [5.41, 5.74) is 0.414. The smallest absolute Gasteiger partial charge is 0.250 e. The SMILES string of the molecule is C[C@@H]1[C@H](C)CCC[C@H]1NC(=O)COCC(=O)Nc1cccc(Cl)c1Cl. The van der Waals surface area contributed by atoms with Gasteiger partial charge in [-0.3, -0.25) is 9.59 Å². The first-order chi connectivity index (χ1) is 11.9. The molecule has 0 heterocycles. The molecule has 0 bridgehead atoms. The molecule has 1 aliphatic carbocycles. The lowest BCUT2D eigenvalue weighted by Crippen LogP contribution is -2.45. The van der Waals surface area contributed by atoms with Gasteiger partial charge in [0.2, 0.25) is 11.8 Å². The van der Waals surface area contributed by atoms with E-state index in [-0.39, 0.29) is 30.2 Å². The van der Waals surface area contributed by atoms with Gasteiger partial charge in [-0.05, 0) is 30.4 Å². The van der Waals surface area contributed by atoms with E-state index in [0.717, 1.165) is 12.8 Å². The number of benzene rings is 1. The van der Waals surface area contributed by atoms with Crippen LogP contribution in [-0.4, -0.2) is 31.1 Å². The first-order valence-electron chi connectivity index (χ1n) is 8.49. The second-order valence-corrected chi connectivity index (χ2v) is 7.37. The predicted octanol–water partition coefficient (Wildman–Crippen LogP) is 3.89. The van der Waals surface area contributed by atoms with Crippen molar-refractivity contribution in [3.8, 4) is 0 Å². The largest absolute Gasteiger partial charge is 0.362 e. The molecule has 2 N–H and O–H groups in total. The molecule has 5 nitrogen and oxygen atoms in total. The topological polar surface area (TPSA) is 67.4 Å². The number of amides is 2. The van der Waals surface area contributed by atoms with E-state index >= 15 is 0 Å². The number of carbonyl (C=O) groups excluding carboxylic acids is 2. The zero-order valence-corrected chi connectivity index (χ0v) is 16.0. The van der Waals surface area contributed by atoms with Crippen LogP contribution in [0.15, 0.2) is 18.2 Å². The minimum atomic E-state index is -0.392. The second-order valence-electron chi connectivity index (χ2n) is 6.58. The summed E-state index contributed by atoms with van der Waals surface area (Å²) >= 11 is 11.9. The van der Waals surface area contributed by atoms with Crippen molar-refractivity contribution >= 4 is 40.7 Å². The number of rotatable bonds is 6. The third-order valence-electron chi connectivity index (χ3n) is 4.75. The van der Waals surface area contributed by atoms with Crippen molar-refractivity contribution in [2.45, 2.75) is 39.2 Å². The summed E-state index contributed by atoms with van der Waals surface area (Å²) in [5, 5.41) is 6.24. The summed E-state index contributed by atoms with van der Waals surface area (Å²) in [6.45, 7) is 4.00. The van der Waals surface area contributed by atoms with E-state index in [1.54, 1.807) is 18.2 Å². The zero-order valence-electron chi connectivity index (χ0n) is 14.5. The van der Waals surface area contributed by atoms with Gasteiger partial charge in [-0.1, -0.05) is 56.0 Å². The second kappa shape index (κ2) is 9.41. The van der Waals surface area contributed by atoms with Crippen LogP contribution in [0.5, 0.6) is 0 Å². The number of halogens is 2. The Morgan fingerprint density at radius 3 is 2.64 bits per heavy atom. The van der Waals surface area contributed by atoms with Gasteiger partial charge in [0.15, 0.2) is 0 Å². The maximum Gasteiger partial charge on any atom is 0.250 e. The molecule has 1 aliphatic rings. The first-order valence-corrected chi connectivity index (χ1v) is 9.25. The van der Waals surface area contributed by atoms with Gasteiger partial charge in [-0.2, -0.15) is 0 Å². The molecule has 138 valence electrons. The van der Waals surface area contributed by atoms with Gasteiger partial charge in [0.05, 0.1) is 15.7 Å². The van der Waals surface area contributed by atoms with Crippen LogP contribution < -0.4 is 10.6 Å². The molecule has 1 saturated carbocycles. The predicted molar refractivity (Wildman–Crippen MR) is 100 cm³/mol. The highest BCUT2D eigenvalue weighted by atomic mass is 35.5. The number of nitrogens with one attached hydrogen (secondary N) is 2. The third kappa shape index (κ3) is 5.87. The van der Waals surface area contributed by atoms with Gasteiger partial charge in [-0.25, -0.2) is 0 Å². The molecule has 1 aromatic carbocycles. The van der Waals surface area contributed by atoms with E-state index < -0.39 is 5.91 Å². The average molecular weight is 387 g/mol. The summed E-state index contributed by atoms with van der Waals surface area (Å²) in [6.07, 6.45) is 3.32. The molecule has 1 aromatic rings. The zero-order chi connectivity index (χ0) is 18.4. The molecule has 7 heteroatoms. The fourth-order valence-corrected chi connectivity index (χ4v) is 3.40. The highest BCUT2D eigenvalue weighted by Crippen LogP contribution is 2.30. The van der Waals surface area contributed by atoms with Crippen molar-refractivity contribution in [2.24, 2.45) is 11.8 Å². The van der Waals surface area contributed by atoms with E-state index in [1.807, 2.05) is 0 Å². The Hall–Kier alpha value is -1.30. The first kappa shape index (κ1) is 20.0. The van der Waals surface area contributed by atoms with Crippen molar-refractivity contribution in [3.63, 3.8) is 0 Å². The van der Waals surface area contributed by atoms with Crippen LogP contribution in [0.3, 0.4) is 0 Å². The summed E-state index contributed by atoms with van der Waals surface area (Å²) in [7, 11) is 0. The van der Waals surface area contributed by atoms with E-state index in [1.165, 1.54) is 6.42 Å². The van der Waals surface area contributed by atoms with Crippen molar-refractivity contribution in [1.29, 1.82) is 0 Å². The van der Waals surface area contributed by atoms with Gasteiger partial charge < -0.3 is 15.4 Å². The molecule has 0 aromatic heterocycles. The van der Waals surface area contributed by atoms with Crippen molar-refractivity contribution in [2.75, 3.05) is 18.5 Å². The van der Waals surface area contributed by atoms with Crippen LogP contribution in [0, 0.1) is 11.8 Å². The van der Waals surface area contributed by atoms with Gasteiger partial charge in [0, 0.05) is 6.04 Å². The number of ether oxygens (including phenoxy) is 1. The molecular weight excluding hydrogens is 363 g/mol. The molecule has 2 rings (SSSR count). The summed E-state index contributed by atoms with van der Waals surface area (Å²) in [5.74, 6) is 0.468. The Morgan fingerprint density at radius 1 is 1.16 bits per heavy atom. The van der Waals surface area contributed by atoms with E-state index in [0.29, 0.717) is 22.5 Å². The maximum atomic E-state index is 12.0. The van der Waals surface area contributed by atoms with E-state index in [4.69, 9.17) is 27.9 Å². The quantitative estimate of drug-likeness (QED) is 0.778. The van der Waals surface area contributed by atoms with Gasteiger partial charge in [-0.15, -0.1) is 0 Å². The lowest BCUT2D eigenvalue weighted by molar-refractivity contribution is -0.129. The van der Waals surface area contributed by atoms with Gasteiger partial charge in [0.1, 0.15) is 13.2 Å². The minimum Gasteiger partial charge on any atom is -0.362 e. The molecule has 0 unspecified atom stereocenters. The molecule has 0 radical (unpaired) electrons. The monoisotopic (exact) mass is 386 g/mol. The molecule has 0 aliphatic heterocycles. The molecule has 2 amide bonds. The van der Waals surface area contributed by atoms with Crippen LogP contribution in [0.4, 0.5) is 5.69 Å². The fraction of sp³-hybridized carbons (Fsp3) is 0.556. The third-order valence-corrected chi connectivity index (χ3v) is 5.56. The molecule has 0 saturated heterocycles. The molecule has 25 heavy (non-hydrogen) atoms. The standard InChI is InChI=1S/C18H24Cl2N2O3/c1-11-5-3-7-14(12(11)2)21-16(23)9-25-10-17(24)22-15-8-4-6-13(19)18(15)20/h4,6,8,11-12,14H,3,5,7,9-10H2,1-2H3,(H,21,23)(H,22,24)/t11-,12-,14-/m1/s1. The summed E-state index contributed by atoms with van der Waals surface area (Å²) in [4.78, 5) is 23.9. The normalized spacial score (nSPS) is 23.1. The Labute approximate surface area is 158 Å². The number of hydrogen-bond donors (Lipinski definition) is 2. The highest BCUT2D eigenvalue weighted by molar-refractivity contribution is 6.43. The molecule has 1 fully saturated rings. The summed E-state index contributed by atoms with van der Waals surface area (Å²) in [6, 6.07) is 5.14. The van der Waals surface area contributed by atoms with Crippen molar-refractivity contribution < 1.29 is 14.3 Å². The number of hydrogen-bond acceptors (Lipinski definition) is 3. The maximum absolute atomic E-state index is 12.0. The Morgan fingerprint density at radius 2 is 1.88 bits per heavy atom. The van der Waals surface area contributed by atoms with Gasteiger partial charge in [0.25, 0.3) is 0 Å². The Bertz CT molecular complexity index is 624. The van der Waals surface area contributed by atoms with Gasteiger partial charge >= 0.3 is 0 Å². The fourth-order valence-electron chi connectivity index (χ4n) is 3.06. The summed E-state index contributed by atoms with van der Waals surface area (Å²) < 4.78 is 5.20. The Kier molecular flexibility index (Phi) is 7.54. The van der Waals surface area contributed by atoms with Crippen LogP contribution in [0.2, 0.25) is 10.0 Å². The van der Waals surface area contributed by atoms with Crippen molar-refractivity contribution in [3.05, 3.63) is 28.2 Å². The van der Waals surface area contributed by atoms with Crippen LogP contribution >= 0.6 is 23.2 Å². The van der Waals surface area contributed by atoms with Crippen LogP contribution in [0.1, 0.15) is 33.1 Å². The Balaban J connectivity index is 1.72. The van der Waals surface area contributed by atoms with Crippen molar-refractivity contribution in [1.82, 2.24) is 5.32 Å². The lowest BCUT2D eigenvalue weighted by Gasteiger charge is -2.34. The van der Waals surface area contributed by atoms with E-state index in [2.05, 4.69) is 24.5 Å². The van der Waals surface area contributed by atoms with E-state index in [9.17, 15) is 9.59 Å². The van der Waals surface area contributed by atoms with Crippen LogP contribution in [-0.2, 0) is 14.3 Å².